The molecule has 1 aliphatic carbocycles. The third-order valence-electron chi connectivity index (χ3n) is 4.45. The number of fused-ring (bicyclic) bond motifs is 1. The van der Waals surface area contributed by atoms with Crippen LogP contribution in [0.25, 0.3) is 0 Å². The molecule has 2 aromatic carbocycles. The van der Waals surface area contributed by atoms with Crippen molar-refractivity contribution in [3.8, 4) is 0 Å². The Hall–Kier alpha value is -1.60. The maximum Gasteiger partial charge on any atom is 0.105 e. The Morgan fingerprint density at radius 2 is 1.55 bits per heavy atom. The average molecular weight is 266 g/mol. The number of hydrogen-bond acceptors (Lipinski definition) is 1. The number of benzene rings is 2. The lowest BCUT2D eigenvalue weighted by Gasteiger charge is -2.18. The van der Waals surface area contributed by atoms with Crippen LogP contribution in [-0.2, 0) is 12.8 Å². The van der Waals surface area contributed by atoms with Crippen molar-refractivity contribution in [1.29, 1.82) is 0 Å². The van der Waals surface area contributed by atoms with Crippen LogP contribution < -0.4 is 0 Å². The van der Waals surface area contributed by atoms with Crippen LogP contribution in [0.4, 0.5) is 0 Å². The Bertz CT molecular complexity index is 632. The highest BCUT2D eigenvalue weighted by atomic mass is 16.3. The van der Waals surface area contributed by atoms with Gasteiger partial charge in [0.15, 0.2) is 0 Å². The smallest absolute Gasteiger partial charge is 0.105 e. The third kappa shape index (κ3) is 2.27. The lowest BCUT2D eigenvalue weighted by molar-refractivity contribution is 0.218. The maximum absolute atomic E-state index is 10.8. The minimum Gasteiger partial charge on any atom is -0.384 e. The van der Waals surface area contributed by atoms with Gasteiger partial charge < -0.3 is 5.11 Å². The molecule has 0 aliphatic heterocycles. The molecule has 0 spiro atoms. The van der Waals surface area contributed by atoms with Crippen LogP contribution in [0.2, 0.25) is 0 Å². The fraction of sp³-hybridized carbons (Fsp3) is 0.368. The molecule has 1 atom stereocenters. The first-order valence-corrected chi connectivity index (χ1v) is 7.44. The van der Waals surface area contributed by atoms with Crippen molar-refractivity contribution in [3.05, 3.63) is 69.3 Å². The van der Waals surface area contributed by atoms with Gasteiger partial charge in [0, 0.05) is 0 Å². The van der Waals surface area contributed by atoms with E-state index in [2.05, 4.69) is 51.1 Å². The van der Waals surface area contributed by atoms with Crippen LogP contribution in [0.5, 0.6) is 0 Å². The number of aliphatic hydroxyl groups excluding tert-OH is 1. The molecule has 0 amide bonds. The highest BCUT2D eigenvalue weighted by molar-refractivity contribution is 5.45. The SMILES string of the molecule is Cc1cc(C)c(C(O)c2ccc3c(c2)CCC3)c(C)c1. The summed E-state index contributed by atoms with van der Waals surface area (Å²) < 4.78 is 0. The van der Waals surface area contributed by atoms with Crippen LogP contribution in [0.3, 0.4) is 0 Å². The van der Waals surface area contributed by atoms with Crippen LogP contribution >= 0.6 is 0 Å². The van der Waals surface area contributed by atoms with Gasteiger partial charge in [0.25, 0.3) is 0 Å². The second-order valence-electron chi connectivity index (χ2n) is 6.10. The molecule has 104 valence electrons. The van der Waals surface area contributed by atoms with Gasteiger partial charge in [-0.25, -0.2) is 0 Å². The van der Waals surface area contributed by atoms with Crippen molar-refractivity contribution < 1.29 is 5.11 Å². The highest BCUT2D eigenvalue weighted by Crippen LogP contribution is 2.31. The predicted molar refractivity (Wildman–Crippen MR) is 83.2 cm³/mol. The number of aliphatic hydroxyl groups is 1. The summed E-state index contributed by atoms with van der Waals surface area (Å²) in [6, 6.07) is 10.8. The minimum atomic E-state index is -0.513. The molecule has 0 saturated carbocycles. The van der Waals surface area contributed by atoms with Crippen molar-refractivity contribution in [2.45, 2.75) is 46.1 Å². The van der Waals surface area contributed by atoms with Crippen molar-refractivity contribution in [2.24, 2.45) is 0 Å². The van der Waals surface area contributed by atoms with E-state index in [9.17, 15) is 5.11 Å². The monoisotopic (exact) mass is 266 g/mol. The molecule has 0 aromatic heterocycles. The summed E-state index contributed by atoms with van der Waals surface area (Å²) in [5, 5.41) is 10.8. The lowest BCUT2D eigenvalue weighted by Crippen LogP contribution is -2.06. The molecular weight excluding hydrogens is 244 g/mol. The standard InChI is InChI=1S/C19H22O/c1-12-9-13(2)18(14(3)10-12)19(20)17-8-7-15-5-4-6-16(15)11-17/h7-11,19-20H,4-6H2,1-3H3. The van der Waals surface area contributed by atoms with E-state index < -0.39 is 6.10 Å². The zero-order valence-electron chi connectivity index (χ0n) is 12.5. The molecule has 1 heteroatoms. The molecule has 0 bridgehead atoms. The summed E-state index contributed by atoms with van der Waals surface area (Å²) in [4.78, 5) is 0. The first-order valence-electron chi connectivity index (χ1n) is 7.44. The molecule has 0 heterocycles. The van der Waals surface area contributed by atoms with Crippen LogP contribution in [-0.4, -0.2) is 5.11 Å². The van der Waals surface area contributed by atoms with Gasteiger partial charge in [-0.3, -0.25) is 0 Å². The normalized spacial score (nSPS) is 15.2. The zero-order chi connectivity index (χ0) is 14.3. The fourth-order valence-electron chi connectivity index (χ4n) is 3.55. The second-order valence-corrected chi connectivity index (χ2v) is 6.10. The van der Waals surface area contributed by atoms with E-state index in [4.69, 9.17) is 0 Å². The van der Waals surface area contributed by atoms with E-state index in [0.29, 0.717) is 0 Å². The van der Waals surface area contributed by atoms with E-state index in [1.807, 2.05) is 0 Å². The van der Waals surface area contributed by atoms with Gasteiger partial charge in [0.05, 0.1) is 0 Å². The van der Waals surface area contributed by atoms with Gasteiger partial charge in [-0.15, -0.1) is 0 Å². The molecule has 0 fully saturated rings. The Morgan fingerprint density at radius 1 is 0.900 bits per heavy atom. The Labute approximate surface area is 121 Å². The summed E-state index contributed by atoms with van der Waals surface area (Å²) in [7, 11) is 0. The quantitative estimate of drug-likeness (QED) is 0.864. The van der Waals surface area contributed by atoms with Gasteiger partial charge in [-0.05, 0) is 73.4 Å². The van der Waals surface area contributed by atoms with Crippen LogP contribution in [0.1, 0.15) is 51.5 Å². The molecule has 0 saturated heterocycles. The zero-order valence-corrected chi connectivity index (χ0v) is 12.5. The Morgan fingerprint density at radius 3 is 2.25 bits per heavy atom. The summed E-state index contributed by atoms with van der Waals surface area (Å²) in [6.07, 6.45) is 3.08. The largest absolute Gasteiger partial charge is 0.384 e. The molecule has 20 heavy (non-hydrogen) atoms. The average Bonchev–Trinajstić information content (AvgIpc) is 2.84. The number of rotatable bonds is 2. The van der Waals surface area contributed by atoms with Gasteiger partial charge in [-0.1, -0.05) is 35.9 Å². The minimum absolute atomic E-state index is 0.513. The number of aryl methyl sites for hydroxylation is 5. The Kier molecular flexibility index (Phi) is 3.39. The van der Waals surface area contributed by atoms with E-state index >= 15 is 0 Å². The second kappa shape index (κ2) is 5.06. The van der Waals surface area contributed by atoms with E-state index in [1.54, 1.807) is 0 Å². The van der Waals surface area contributed by atoms with Crippen molar-refractivity contribution >= 4 is 0 Å². The topological polar surface area (TPSA) is 20.2 Å². The maximum atomic E-state index is 10.8. The third-order valence-corrected chi connectivity index (χ3v) is 4.45. The van der Waals surface area contributed by atoms with Gasteiger partial charge in [0.2, 0.25) is 0 Å². The fourth-order valence-corrected chi connectivity index (χ4v) is 3.55. The molecule has 1 nitrogen and oxygen atoms in total. The molecule has 3 rings (SSSR count). The van der Waals surface area contributed by atoms with E-state index in [0.717, 1.165) is 17.5 Å². The lowest BCUT2D eigenvalue weighted by atomic mass is 9.91. The number of hydrogen-bond donors (Lipinski definition) is 1. The summed E-state index contributed by atoms with van der Waals surface area (Å²) in [5.41, 5.74) is 8.58. The van der Waals surface area contributed by atoms with Crippen LogP contribution in [0, 0.1) is 20.8 Å². The molecule has 0 radical (unpaired) electrons. The predicted octanol–water partition coefficient (Wildman–Crippen LogP) is 4.18. The Balaban J connectivity index is 2.03. The molecule has 1 aliphatic rings. The van der Waals surface area contributed by atoms with Gasteiger partial charge in [0.1, 0.15) is 6.10 Å². The summed E-state index contributed by atoms with van der Waals surface area (Å²) >= 11 is 0. The van der Waals surface area contributed by atoms with E-state index in [-0.39, 0.29) is 0 Å². The first kappa shape index (κ1) is 13.4. The molecule has 2 aromatic rings. The van der Waals surface area contributed by atoms with Crippen molar-refractivity contribution in [1.82, 2.24) is 0 Å². The van der Waals surface area contributed by atoms with E-state index in [1.165, 1.54) is 40.7 Å². The first-order chi connectivity index (χ1) is 9.56. The molecule has 1 unspecified atom stereocenters. The summed E-state index contributed by atoms with van der Waals surface area (Å²) in [6.45, 7) is 6.28. The highest BCUT2D eigenvalue weighted by Gasteiger charge is 2.18. The van der Waals surface area contributed by atoms with Gasteiger partial charge in [-0.2, -0.15) is 0 Å². The van der Waals surface area contributed by atoms with Crippen LogP contribution in [0.15, 0.2) is 30.3 Å². The van der Waals surface area contributed by atoms with Crippen molar-refractivity contribution in [2.75, 3.05) is 0 Å². The van der Waals surface area contributed by atoms with Gasteiger partial charge >= 0.3 is 0 Å². The summed E-state index contributed by atoms with van der Waals surface area (Å²) in [5.74, 6) is 0. The molecule has 1 N–H and O–H groups in total. The van der Waals surface area contributed by atoms with Crippen molar-refractivity contribution in [3.63, 3.8) is 0 Å². The molecular formula is C19H22O.